The van der Waals surface area contributed by atoms with Crippen molar-refractivity contribution in [3.63, 3.8) is 0 Å². The maximum Gasteiger partial charge on any atom is 0.337 e. The van der Waals surface area contributed by atoms with Crippen molar-refractivity contribution in [2.45, 2.75) is 18.9 Å². The second-order valence-electron chi connectivity index (χ2n) is 6.36. The molecule has 8 nitrogen and oxygen atoms in total. The third-order valence-corrected chi connectivity index (χ3v) is 5.31. The van der Waals surface area contributed by atoms with Crippen LogP contribution in [0.1, 0.15) is 32.9 Å². The first kappa shape index (κ1) is 20.5. The summed E-state index contributed by atoms with van der Waals surface area (Å²) in [5.74, 6) is -1.79. The van der Waals surface area contributed by atoms with Crippen LogP contribution in [-0.2, 0) is 19.1 Å². The second kappa shape index (κ2) is 9.33. The number of anilines is 1. The van der Waals surface area contributed by atoms with Gasteiger partial charge in [0.05, 0.1) is 17.6 Å². The van der Waals surface area contributed by atoms with Gasteiger partial charge in [0.15, 0.2) is 6.61 Å². The van der Waals surface area contributed by atoms with E-state index in [1.54, 1.807) is 29.6 Å². The number of thiophene rings is 1. The zero-order valence-electron chi connectivity index (χ0n) is 15.8. The van der Waals surface area contributed by atoms with E-state index in [0.717, 1.165) is 0 Å². The number of rotatable bonds is 6. The van der Waals surface area contributed by atoms with Gasteiger partial charge in [-0.2, -0.15) is 0 Å². The zero-order chi connectivity index (χ0) is 20.8. The van der Waals surface area contributed by atoms with Gasteiger partial charge in [0.1, 0.15) is 6.04 Å². The molecule has 1 aromatic carbocycles. The standard InChI is InChI=1S/C20H20N2O6S/c1-27-19(25)13-6-8-14(9-7-13)21-17(23)12-28-20(26)15-4-2-10-22(15)18(24)16-5-3-11-29-16/h3,5-9,11,15H,2,4,10,12H2,1H3,(H,21,23)/t15-/m0/s1. The molecule has 1 aromatic heterocycles. The highest BCUT2D eigenvalue weighted by molar-refractivity contribution is 7.12. The van der Waals surface area contributed by atoms with Gasteiger partial charge in [0, 0.05) is 12.2 Å². The molecule has 0 unspecified atom stereocenters. The number of carbonyl (C=O) groups is 4. The molecular weight excluding hydrogens is 396 g/mol. The summed E-state index contributed by atoms with van der Waals surface area (Å²) >= 11 is 1.32. The van der Waals surface area contributed by atoms with Crippen LogP contribution in [0.2, 0.25) is 0 Å². The van der Waals surface area contributed by atoms with Crippen LogP contribution in [0.25, 0.3) is 0 Å². The first-order valence-corrected chi connectivity index (χ1v) is 9.87. The fourth-order valence-electron chi connectivity index (χ4n) is 3.03. The normalized spacial score (nSPS) is 15.6. The first-order valence-electron chi connectivity index (χ1n) is 8.99. The summed E-state index contributed by atoms with van der Waals surface area (Å²) in [5.41, 5.74) is 0.808. The number of hydrogen-bond acceptors (Lipinski definition) is 7. The number of methoxy groups -OCH3 is 1. The highest BCUT2D eigenvalue weighted by atomic mass is 32.1. The van der Waals surface area contributed by atoms with Crippen molar-refractivity contribution in [3.8, 4) is 0 Å². The van der Waals surface area contributed by atoms with Crippen LogP contribution in [0.3, 0.4) is 0 Å². The van der Waals surface area contributed by atoms with Crippen LogP contribution < -0.4 is 5.32 Å². The molecule has 1 atom stereocenters. The van der Waals surface area contributed by atoms with Crippen molar-refractivity contribution in [1.82, 2.24) is 4.90 Å². The van der Waals surface area contributed by atoms with Crippen molar-refractivity contribution in [2.75, 3.05) is 25.6 Å². The summed E-state index contributed by atoms with van der Waals surface area (Å²) in [5, 5.41) is 4.39. The van der Waals surface area contributed by atoms with Gasteiger partial charge in [0.2, 0.25) is 0 Å². The Bertz CT molecular complexity index is 894. The van der Waals surface area contributed by atoms with Gasteiger partial charge < -0.3 is 19.7 Å². The Hall–Kier alpha value is -3.20. The number of benzene rings is 1. The van der Waals surface area contributed by atoms with E-state index in [4.69, 9.17) is 4.74 Å². The SMILES string of the molecule is COC(=O)c1ccc(NC(=O)COC(=O)[C@@H]2CCCN2C(=O)c2cccs2)cc1. The van der Waals surface area contributed by atoms with Crippen LogP contribution in [0.4, 0.5) is 5.69 Å². The lowest BCUT2D eigenvalue weighted by molar-refractivity contribution is -0.151. The van der Waals surface area contributed by atoms with E-state index in [1.807, 2.05) is 0 Å². The van der Waals surface area contributed by atoms with Crippen LogP contribution >= 0.6 is 11.3 Å². The summed E-state index contributed by atoms with van der Waals surface area (Å²) < 4.78 is 9.73. The molecule has 2 amide bonds. The van der Waals surface area contributed by atoms with Gasteiger partial charge in [-0.25, -0.2) is 9.59 Å². The van der Waals surface area contributed by atoms with Crippen molar-refractivity contribution >= 4 is 40.8 Å². The number of nitrogens with one attached hydrogen (secondary N) is 1. The molecule has 2 heterocycles. The molecule has 1 fully saturated rings. The van der Waals surface area contributed by atoms with Crippen LogP contribution in [0.5, 0.6) is 0 Å². The van der Waals surface area contributed by atoms with Crippen LogP contribution in [0, 0.1) is 0 Å². The van der Waals surface area contributed by atoms with E-state index in [9.17, 15) is 19.2 Å². The molecule has 0 spiro atoms. The van der Waals surface area contributed by atoms with E-state index in [1.165, 1.54) is 35.5 Å². The molecule has 1 aliphatic rings. The Morgan fingerprint density at radius 1 is 1.17 bits per heavy atom. The molecule has 1 saturated heterocycles. The summed E-state index contributed by atoms with van der Waals surface area (Å²) in [7, 11) is 1.28. The molecule has 1 N–H and O–H groups in total. The fraction of sp³-hybridized carbons (Fsp3) is 0.300. The van der Waals surface area contributed by atoms with Gasteiger partial charge >= 0.3 is 11.9 Å². The van der Waals surface area contributed by atoms with Crippen molar-refractivity contribution in [1.29, 1.82) is 0 Å². The topological polar surface area (TPSA) is 102 Å². The maximum atomic E-state index is 12.5. The number of amides is 2. The molecule has 3 rings (SSSR count). The minimum absolute atomic E-state index is 0.199. The molecule has 29 heavy (non-hydrogen) atoms. The van der Waals surface area contributed by atoms with E-state index in [-0.39, 0.29) is 5.91 Å². The molecule has 9 heteroatoms. The Balaban J connectivity index is 1.51. The summed E-state index contributed by atoms with van der Waals surface area (Å²) in [6.07, 6.45) is 1.21. The maximum absolute atomic E-state index is 12.5. The predicted molar refractivity (Wildman–Crippen MR) is 106 cm³/mol. The smallest absolute Gasteiger partial charge is 0.337 e. The number of likely N-dealkylation sites (tertiary alicyclic amines) is 1. The van der Waals surface area contributed by atoms with Crippen molar-refractivity contribution in [3.05, 3.63) is 52.2 Å². The number of ether oxygens (including phenoxy) is 2. The predicted octanol–water partition coefficient (Wildman–Crippen LogP) is 2.32. The second-order valence-corrected chi connectivity index (χ2v) is 7.31. The Morgan fingerprint density at radius 2 is 1.93 bits per heavy atom. The minimum atomic E-state index is -0.684. The first-order chi connectivity index (χ1) is 14.0. The van der Waals surface area contributed by atoms with Gasteiger partial charge in [-0.05, 0) is 48.6 Å². The monoisotopic (exact) mass is 416 g/mol. The molecule has 2 aromatic rings. The summed E-state index contributed by atoms with van der Waals surface area (Å²) in [6, 6.07) is 8.93. The number of nitrogens with zero attached hydrogens (tertiary/aromatic N) is 1. The quantitative estimate of drug-likeness (QED) is 0.725. The minimum Gasteiger partial charge on any atom is -0.465 e. The van der Waals surface area contributed by atoms with E-state index in [2.05, 4.69) is 10.1 Å². The molecule has 0 aliphatic carbocycles. The summed E-state index contributed by atoms with van der Waals surface area (Å²) in [6.45, 7) is 0.0182. The van der Waals surface area contributed by atoms with Crippen LogP contribution in [0.15, 0.2) is 41.8 Å². The molecule has 0 radical (unpaired) electrons. The molecule has 0 saturated carbocycles. The average molecular weight is 416 g/mol. The average Bonchev–Trinajstić information content (AvgIpc) is 3.43. The van der Waals surface area contributed by atoms with E-state index < -0.39 is 30.5 Å². The van der Waals surface area contributed by atoms with E-state index >= 15 is 0 Å². The Kier molecular flexibility index (Phi) is 6.61. The molecular formula is C20H20N2O6S. The van der Waals surface area contributed by atoms with Crippen LogP contribution in [-0.4, -0.2) is 55.0 Å². The van der Waals surface area contributed by atoms with Gasteiger partial charge in [-0.1, -0.05) is 6.07 Å². The van der Waals surface area contributed by atoms with Crippen molar-refractivity contribution < 1.29 is 28.7 Å². The van der Waals surface area contributed by atoms with Gasteiger partial charge in [0.25, 0.3) is 11.8 Å². The Morgan fingerprint density at radius 3 is 2.59 bits per heavy atom. The van der Waals surface area contributed by atoms with E-state index in [0.29, 0.717) is 35.5 Å². The highest BCUT2D eigenvalue weighted by Crippen LogP contribution is 2.23. The lowest BCUT2D eigenvalue weighted by Gasteiger charge is -2.22. The van der Waals surface area contributed by atoms with Gasteiger partial charge in [-0.15, -0.1) is 11.3 Å². The Labute approximate surface area is 171 Å². The fourth-order valence-corrected chi connectivity index (χ4v) is 3.71. The number of hydrogen-bond donors (Lipinski definition) is 1. The lowest BCUT2D eigenvalue weighted by Crippen LogP contribution is -2.41. The zero-order valence-corrected chi connectivity index (χ0v) is 16.6. The summed E-state index contributed by atoms with van der Waals surface area (Å²) in [4.78, 5) is 50.4. The number of esters is 2. The third kappa shape index (κ3) is 5.00. The van der Waals surface area contributed by atoms with Gasteiger partial charge in [-0.3, -0.25) is 9.59 Å². The lowest BCUT2D eigenvalue weighted by atomic mass is 10.2. The highest BCUT2D eigenvalue weighted by Gasteiger charge is 2.36. The van der Waals surface area contributed by atoms with Crippen molar-refractivity contribution in [2.24, 2.45) is 0 Å². The molecule has 0 bridgehead atoms. The largest absolute Gasteiger partial charge is 0.465 e. The molecule has 152 valence electrons. The third-order valence-electron chi connectivity index (χ3n) is 4.45. The number of carbonyl (C=O) groups excluding carboxylic acids is 4. The molecule has 1 aliphatic heterocycles.